The van der Waals surface area contributed by atoms with Gasteiger partial charge < -0.3 is 14.8 Å². The molecule has 0 radical (unpaired) electrons. The smallest absolute Gasteiger partial charge is 0.272 e. The van der Waals surface area contributed by atoms with Gasteiger partial charge in [-0.1, -0.05) is 0 Å². The molecular weight excluding hydrogens is 228 g/mol. The number of aromatic nitrogens is 2. The van der Waals surface area contributed by atoms with Crippen LogP contribution in [0.4, 0.5) is 0 Å². The first kappa shape index (κ1) is 13.1. The molecule has 5 nitrogen and oxygen atoms in total. The molecule has 18 heavy (non-hydrogen) atoms. The quantitative estimate of drug-likeness (QED) is 0.857. The molecule has 0 aliphatic carbocycles. The fraction of sp³-hybridized carbons (Fsp3) is 0.692. The van der Waals surface area contributed by atoms with Crippen LogP contribution < -0.4 is 5.32 Å². The maximum absolute atomic E-state index is 12.2. The Morgan fingerprint density at radius 1 is 1.39 bits per heavy atom. The number of nitrogens with one attached hydrogen (secondary N) is 1. The summed E-state index contributed by atoms with van der Waals surface area (Å²) in [5, 5.41) is 2.92. The topological polar surface area (TPSA) is 50.2 Å². The summed E-state index contributed by atoms with van der Waals surface area (Å²) < 4.78 is 2.18. The van der Waals surface area contributed by atoms with Gasteiger partial charge in [-0.05, 0) is 40.8 Å². The van der Waals surface area contributed by atoms with E-state index in [0.717, 1.165) is 37.6 Å². The van der Waals surface area contributed by atoms with E-state index in [1.165, 1.54) is 0 Å². The monoisotopic (exact) mass is 250 g/mol. The zero-order valence-electron chi connectivity index (χ0n) is 11.7. The molecule has 0 saturated carbocycles. The lowest BCUT2D eigenvalue weighted by molar-refractivity contribution is 0.0936. The third-order valence-corrected chi connectivity index (χ3v) is 3.24. The van der Waals surface area contributed by atoms with E-state index in [1.807, 2.05) is 20.8 Å². The summed E-state index contributed by atoms with van der Waals surface area (Å²) in [6.07, 6.45) is 1.10. The van der Waals surface area contributed by atoms with Gasteiger partial charge in [0.05, 0.1) is 5.69 Å². The summed E-state index contributed by atoms with van der Waals surface area (Å²) in [5.41, 5.74) is 1.64. The fourth-order valence-corrected chi connectivity index (χ4v) is 2.41. The number of aryl methyl sites for hydroxylation is 1. The van der Waals surface area contributed by atoms with E-state index in [0.29, 0.717) is 5.69 Å². The lowest BCUT2D eigenvalue weighted by Gasteiger charge is -2.13. The number of amides is 1. The van der Waals surface area contributed by atoms with E-state index in [1.54, 1.807) is 0 Å². The minimum Gasteiger partial charge on any atom is -0.348 e. The first-order chi connectivity index (χ1) is 8.49. The van der Waals surface area contributed by atoms with Gasteiger partial charge in [0.15, 0.2) is 5.69 Å². The van der Waals surface area contributed by atoms with Gasteiger partial charge >= 0.3 is 0 Å². The number of carbonyl (C=O) groups excluding carboxylic acids is 1. The highest BCUT2D eigenvalue weighted by Crippen LogP contribution is 2.18. The van der Waals surface area contributed by atoms with Crippen molar-refractivity contribution in [3.63, 3.8) is 0 Å². The van der Waals surface area contributed by atoms with Crippen LogP contribution in [-0.2, 0) is 13.1 Å². The first-order valence-electron chi connectivity index (χ1n) is 6.54. The number of nitrogens with zero attached hydrogens (tertiary/aromatic N) is 3. The van der Waals surface area contributed by atoms with Crippen LogP contribution in [-0.4, -0.2) is 40.0 Å². The van der Waals surface area contributed by atoms with E-state index < -0.39 is 0 Å². The third-order valence-electron chi connectivity index (χ3n) is 3.24. The maximum atomic E-state index is 12.2. The molecular formula is C13H22N4O. The third kappa shape index (κ3) is 2.56. The van der Waals surface area contributed by atoms with Crippen molar-refractivity contribution >= 4 is 5.91 Å². The van der Waals surface area contributed by atoms with Crippen LogP contribution in [0.2, 0.25) is 0 Å². The number of carbonyl (C=O) groups is 1. The molecule has 0 atom stereocenters. The van der Waals surface area contributed by atoms with Gasteiger partial charge in [-0.3, -0.25) is 4.79 Å². The number of fused-ring (bicyclic) bond motifs is 1. The molecule has 0 aromatic carbocycles. The van der Waals surface area contributed by atoms with Crippen LogP contribution in [0.25, 0.3) is 0 Å². The average molecular weight is 250 g/mol. The van der Waals surface area contributed by atoms with E-state index >= 15 is 0 Å². The van der Waals surface area contributed by atoms with Crippen LogP contribution in [0, 0.1) is 6.92 Å². The minimum atomic E-state index is -0.0582. The van der Waals surface area contributed by atoms with Gasteiger partial charge in [-0.25, -0.2) is 4.98 Å². The van der Waals surface area contributed by atoms with Crippen LogP contribution in [0.1, 0.15) is 42.3 Å². The Morgan fingerprint density at radius 2 is 2.11 bits per heavy atom. The van der Waals surface area contributed by atoms with Crippen molar-refractivity contribution in [1.29, 1.82) is 0 Å². The van der Waals surface area contributed by atoms with Gasteiger partial charge in [0.1, 0.15) is 5.82 Å². The van der Waals surface area contributed by atoms with Crippen LogP contribution in [0.5, 0.6) is 0 Å². The van der Waals surface area contributed by atoms with E-state index in [9.17, 15) is 4.79 Å². The van der Waals surface area contributed by atoms with Crippen LogP contribution in [0.3, 0.4) is 0 Å². The molecule has 0 unspecified atom stereocenters. The zero-order valence-corrected chi connectivity index (χ0v) is 11.7. The molecule has 1 aliphatic rings. The second-order valence-corrected chi connectivity index (χ2v) is 5.33. The zero-order chi connectivity index (χ0) is 13.3. The van der Waals surface area contributed by atoms with Crippen molar-refractivity contribution in [2.24, 2.45) is 0 Å². The second kappa shape index (κ2) is 5.10. The van der Waals surface area contributed by atoms with E-state index in [4.69, 9.17) is 0 Å². The number of rotatable bonds is 2. The Hall–Kier alpha value is -1.36. The van der Waals surface area contributed by atoms with Crippen molar-refractivity contribution in [3.8, 4) is 0 Å². The number of hydrogen-bond donors (Lipinski definition) is 1. The molecule has 2 heterocycles. The molecule has 2 rings (SSSR count). The lowest BCUT2D eigenvalue weighted by atomic mass is 10.2. The molecule has 0 fully saturated rings. The fourth-order valence-electron chi connectivity index (χ4n) is 2.41. The number of imidazole rings is 1. The van der Waals surface area contributed by atoms with Crippen LogP contribution >= 0.6 is 0 Å². The summed E-state index contributed by atoms with van der Waals surface area (Å²) in [5.74, 6) is 0.881. The molecule has 1 aromatic heterocycles. The van der Waals surface area contributed by atoms with Crippen molar-refractivity contribution < 1.29 is 4.79 Å². The molecule has 100 valence electrons. The predicted octanol–water partition coefficient (Wildman–Crippen LogP) is 1.17. The lowest BCUT2D eigenvalue weighted by Crippen LogP contribution is -2.31. The maximum Gasteiger partial charge on any atom is 0.272 e. The summed E-state index contributed by atoms with van der Waals surface area (Å²) in [4.78, 5) is 18.8. The van der Waals surface area contributed by atoms with Gasteiger partial charge in [-0.2, -0.15) is 0 Å². The highest BCUT2D eigenvalue weighted by Gasteiger charge is 2.23. The SMILES string of the molecule is Cc1nc(C(=O)NC(C)C)c2n1CCCN(C)C2. The summed E-state index contributed by atoms with van der Waals surface area (Å²) in [7, 11) is 2.09. The average Bonchev–Trinajstić information content (AvgIpc) is 2.45. The van der Waals surface area contributed by atoms with Crippen LogP contribution in [0.15, 0.2) is 0 Å². The van der Waals surface area contributed by atoms with E-state index in [-0.39, 0.29) is 11.9 Å². The van der Waals surface area contributed by atoms with Crippen molar-refractivity contribution in [1.82, 2.24) is 19.8 Å². The molecule has 1 N–H and O–H groups in total. The van der Waals surface area contributed by atoms with Gasteiger partial charge in [0.2, 0.25) is 0 Å². The van der Waals surface area contributed by atoms with Crippen molar-refractivity contribution in [2.75, 3.05) is 13.6 Å². The molecule has 0 spiro atoms. The van der Waals surface area contributed by atoms with Gasteiger partial charge in [-0.15, -0.1) is 0 Å². The molecule has 1 aliphatic heterocycles. The van der Waals surface area contributed by atoms with Crippen molar-refractivity contribution in [3.05, 3.63) is 17.2 Å². The number of hydrogen-bond acceptors (Lipinski definition) is 3. The predicted molar refractivity (Wildman–Crippen MR) is 70.5 cm³/mol. The second-order valence-electron chi connectivity index (χ2n) is 5.33. The Kier molecular flexibility index (Phi) is 3.71. The Bertz CT molecular complexity index is 450. The summed E-state index contributed by atoms with van der Waals surface area (Å²) in [6, 6.07) is 0.138. The molecule has 1 amide bonds. The first-order valence-corrected chi connectivity index (χ1v) is 6.54. The van der Waals surface area contributed by atoms with E-state index in [2.05, 4.69) is 26.8 Å². The Labute approximate surface area is 108 Å². The molecule has 0 saturated heterocycles. The summed E-state index contributed by atoms with van der Waals surface area (Å²) in [6.45, 7) is 8.71. The highest BCUT2D eigenvalue weighted by molar-refractivity contribution is 5.93. The Morgan fingerprint density at radius 3 is 2.78 bits per heavy atom. The standard InChI is InChI=1S/C13H22N4O/c1-9(2)14-13(18)12-11-8-16(4)6-5-7-17(11)10(3)15-12/h9H,5-8H2,1-4H3,(H,14,18). The summed E-state index contributed by atoms with van der Waals surface area (Å²) >= 11 is 0. The molecule has 0 bridgehead atoms. The van der Waals surface area contributed by atoms with Gasteiger partial charge in [0.25, 0.3) is 5.91 Å². The normalized spacial score (nSPS) is 16.5. The minimum absolute atomic E-state index is 0.0582. The Balaban J connectivity index is 2.34. The largest absolute Gasteiger partial charge is 0.348 e. The van der Waals surface area contributed by atoms with Crippen molar-refractivity contribution in [2.45, 2.75) is 46.3 Å². The molecule has 5 heteroatoms. The van der Waals surface area contributed by atoms with Gasteiger partial charge in [0, 0.05) is 19.1 Å². The molecule has 1 aromatic rings. The highest BCUT2D eigenvalue weighted by atomic mass is 16.2.